The number of amides is 1. The first-order chi connectivity index (χ1) is 14.6. The average molecular weight is 427 g/mol. The number of carbonyl (C=O) groups excluding carboxylic acids is 1. The lowest BCUT2D eigenvalue weighted by atomic mass is 10.3. The molecule has 1 heterocycles. The fourth-order valence-electron chi connectivity index (χ4n) is 2.89. The Morgan fingerprint density at radius 2 is 1.80 bits per heavy atom. The quantitative estimate of drug-likeness (QED) is 0.479. The zero-order valence-electron chi connectivity index (χ0n) is 17.4. The maximum Gasteiger partial charge on any atom is 0.234 e. The number of thioether (sulfide) groups is 1. The summed E-state index contributed by atoms with van der Waals surface area (Å²) in [6.07, 6.45) is -0.258. The minimum absolute atomic E-state index is 0.107. The second-order valence-electron chi connectivity index (χ2n) is 6.45. The van der Waals surface area contributed by atoms with E-state index in [2.05, 4.69) is 15.5 Å². The van der Waals surface area contributed by atoms with Crippen LogP contribution in [-0.4, -0.2) is 33.0 Å². The summed E-state index contributed by atoms with van der Waals surface area (Å²) in [7, 11) is 0. The van der Waals surface area contributed by atoms with Crippen molar-refractivity contribution in [3.8, 4) is 11.5 Å². The molecule has 1 unspecified atom stereocenters. The van der Waals surface area contributed by atoms with Gasteiger partial charge in [0.2, 0.25) is 5.91 Å². The van der Waals surface area contributed by atoms with E-state index in [0.29, 0.717) is 18.3 Å². The largest absolute Gasteiger partial charge is 0.494 e. The lowest BCUT2D eigenvalue weighted by molar-refractivity contribution is -0.113. The number of hydrogen-bond acceptors (Lipinski definition) is 6. The predicted molar refractivity (Wildman–Crippen MR) is 118 cm³/mol. The molecule has 0 saturated carbocycles. The van der Waals surface area contributed by atoms with Crippen molar-refractivity contribution in [1.29, 1.82) is 0 Å². The molecule has 0 fully saturated rings. The molecule has 2 aromatic carbocycles. The molecule has 1 atom stereocenters. The van der Waals surface area contributed by atoms with Crippen molar-refractivity contribution in [3.05, 3.63) is 60.4 Å². The van der Waals surface area contributed by atoms with Crippen molar-refractivity contribution >= 4 is 23.4 Å². The first kappa shape index (κ1) is 21.7. The molecule has 7 nitrogen and oxygen atoms in total. The highest BCUT2D eigenvalue weighted by Crippen LogP contribution is 2.24. The number of nitrogens with one attached hydrogen (secondary N) is 1. The summed E-state index contributed by atoms with van der Waals surface area (Å²) in [6.45, 7) is 7.19. The second-order valence-corrected chi connectivity index (χ2v) is 7.39. The average Bonchev–Trinajstić information content (AvgIpc) is 3.18. The minimum atomic E-state index is -0.258. The number of nitrogens with zero attached hydrogens (tertiary/aromatic N) is 3. The first-order valence-corrected chi connectivity index (χ1v) is 10.9. The van der Waals surface area contributed by atoms with Gasteiger partial charge in [-0.15, -0.1) is 10.2 Å². The summed E-state index contributed by atoms with van der Waals surface area (Å²) in [5.41, 5.74) is 0.728. The van der Waals surface area contributed by atoms with Crippen LogP contribution in [0.5, 0.6) is 11.5 Å². The van der Waals surface area contributed by atoms with Gasteiger partial charge in [-0.05, 0) is 57.2 Å². The van der Waals surface area contributed by atoms with Gasteiger partial charge in [-0.2, -0.15) is 0 Å². The SMILES string of the molecule is CCOc1ccc(NC(=O)CSc2nnc(C(C)Oc3ccccc3)n2CC)cc1. The standard InChI is InChI=1S/C22H26N4O3S/c1-4-26-21(16(3)29-19-9-7-6-8-10-19)24-25-22(26)30-15-20(27)23-17-11-13-18(14-12-17)28-5-2/h6-14,16H,4-5,15H2,1-3H3,(H,23,27). The molecule has 0 radical (unpaired) electrons. The van der Waals surface area contributed by atoms with E-state index < -0.39 is 0 Å². The Morgan fingerprint density at radius 3 is 2.47 bits per heavy atom. The fraction of sp³-hybridized carbons (Fsp3) is 0.318. The van der Waals surface area contributed by atoms with Gasteiger partial charge >= 0.3 is 0 Å². The maximum atomic E-state index is 12.3. The molecular formula is C22H26N4O3S. The predicted octanol–water partition coefficient (Wildman–Crippen LogP) is 4.57. The van der Waals surface area contributed by atoms with Crippen molar-refractivity contribution in [2.45, 2.75) is 38.6 Å². The van der Waals surface area contributed by atoms with E-state index >= 15 is 0 Å². The highest BCUT2D eigenvalue weighted by Gasteiger charge is 2.19. The van der Waals surface area contributed by atoms with Gasteiger partial charge in [-0.3, -0.25) is 4.79 Å². The molecule has 8 heteroatoms. The van der Waals surface area contributed by atoms with E-state index in [-0.39, 0.29) is 17.8 Å². The molecule has 30 heavy (non-hydrogen) atoms. The number of rotatable bonds is 10. The lowest BCUT2D eigenvalue weighted by Crippen LogP contribution is -2.15. The van der Waals surface area contributed by atoms with Gasteiger partial charge in [0.1, 0.15) is 11.5 Å². The smallest absolute Gasteiger partial charge is 0.234 e. The minimum Gasteiger partial charge on any atom is -0.494 e. The van der Waals surface area contributed by atoms with Crippen LogP contribution < -0.4 is 14.8 Å². The molecule has 0 saturated heterocycles. The van der Waals surface area contributed by atoms with E-state index in [4.69, 9.17) is 9.47 Å². The molecule has 0 aliphatic heterocycles. The number of ether oxygens (including phenoxy) is 2. The third-order valence-electron chi connectivity index (χ3n) is 4.26. The van der Waals surface area contributed by atoms with Crippen molar-refractivity contribution < 1.29 is 14.3 Å². The highest BCUT2D eigenvalue weighted by atomic mass is 32.2. The molecule has 0 aliphatic carbocycles. The van der Waals surface area contributed by atoms with Gasteiger partial charge in [-0.1, -0.05) is 30.0 Å². The maximum absolute atomic E-state index is 12.3. The van der Waals surface area contributed by atoms with Crippen molar-refractivity contribution in [2.75, 3.05) is 17.7 Å². The Kier molecular flexibility index (Phi) is 7.73. The Bertz CT molecular complexity index is 945. The van der Waals surface area contributed by atoms with Crippen molar-refractivity contribution in [3.63, 3.8) is 0 Å². The monoisotopic (exact) mass is 426 g/mol. The van der Waals surface area contributed by atoms with Gasteiger partial charge in [0, 0.05) is 12.2 Å². The molecule has 1 amide bonds. The molecule has 0 aliphatic rings. The number of benzene rings is 2. The van der Waals surface area contributed by atoms with E-state index in [1.807, 2.05) is 79.9 Å². The third kappa shape index (κ3) is 5.76. The van der Waals surface area contributed by atoms with Crippen LogP contribution >= 0.6 is 11.8 Å². The van der Waals surface area contributed by atoms with Gasteiger partial charge in [0.05, 0.1) is 12.4 Å². The molecule has 0 spiro atoms. The Morgan fingerprint density at radius 1 is 1.07 bits per heavy atom. The molecule has 3 rings (SSSR count). The number of hydrogen-bond donors (Lipinski definition) is 1. The van der Waals surface area contributed by atoms with Crippen LogP contribution in [0, 0.1) is 0 Å². The molecule has 1 N–H and O–H groups in total. The number of carbonyl (C=O) groups is 1. The van der Waals surface area contributed by atoms with Crippen LogP contribution in [0.25, 0.3) is 0 Å². The summed E-state index contributed by atoms with van der Waals surface area (Å²) in [4.78, 5) is 12.3. The summed E-state index contributed by atoms with van der Waals surface area (Å²) in [6, 6.07) is 16.9. The first-order valence-electron chi connectivity index (χ1n) is 9.91. The Labute approximate surface area is 180 Å². The summed E-state index contributed by atoms with van der Waals surface area (Å²) in [5, 5.41) is 12.1. The summed E-state index contributed by atoms with van der Waals surface area (Å²) < 4.78 is 13.4. The van der Waals surface area contributed by atoms with E-state index in [9.17, 15) is 4.79 Å². The number of aromatic nitrogens is 3. The summed E-state index contributed by atoms with van der Waals surface area (Å²) >= 11 is 1.35. The number of para-hydroxylation sites is 1. The topological polar surface area (TPSA) is 78.3 Å². The van der Waals surface area contributed by atoms with Crippen LogP contribution in [0.3, 0.4) is 0 Å². The van der Waals surface area contributed by atoms with Gasteiger partial charge in [0.15, 0.2) is 17.1 Å². The third-order valence-corrected chi connectivity index (χ3v) is 5.23. The van der Waals surface area contributed by atoms with Crippen LogP contribution in [0.2, 0.25) is 0 Å². The van der Waals surface area contributed by atoms with E-state index in [0.717, 1.165) is 23.0 Å². The zero-order valence-corrected chi connectivity index (χ0v) is 18.2. The van der Waals surface area contributed by atoms with Gasteiger partial charge < -0.3 is 19.4 Å². The summed E-state index contributed by atoms with van der Waals surface area (Å²) in [5.74, 6) is 2.42. The number of anilines is 1. The molecule has 158 valence electrons. The molecule has 0 bridgehead atoms. The normalized spacial score (nSPS) is 11.7. The second kappa shape index (κ2) is 10.7. The Hall–Kier alpha value is -3.00. The van der Waals surface area contributed by atoms with Crippen LogP contribution in [-0.2, 0) is 11.3 Å². The Balaban J connectivity index is 1.58. The molecule has 3 aromatic rings. The lowest BCUT2D eigenvalue weighted by Gasteiger charge is -2.15. The molecular weight excluding hydrogens is 400 g/mol. The van der Waals surface area contributed by atoms with Crippen molar-refractivity contribution in [1.82, 2.24) is 14.8 Å². The van der Waals surface area contributed by atoms with Crippen LogP contribution in [0.15, 0.2) is 59.8 Å². The van der Waals surface area contributed by atoms with E-state index in [1.165, 1.54) is 11.8 Å². The highest BCUT2D eigenvalue weighted by molar-refractivity contribution is 7.99. The molecule has 1 aromatic heterocycles. The van der Waals surface area contributed by atoms with Gasteiger partial charge in [-0.25, -0.2) is 0 Å². The van der Waals surface area contributed by atoms with Crippen molar-refractivity contribution in [2.24, 2.45) is 0 Å². The van der Waals surface area contributed by atoms with Crippen LogP contribution in [0.1, 0.15) is 32.7 Å². The fourth-order valence-corrected chi connectivity index (χ4v) is 3.70. The van der Waals surface area contributed by atoms with E-state index in [1.54, 1.807) is 0 Å². The zero-order chi connectivity index (χ0) is 21.3. The van der Waals surface area contributed by atoms with Crippen LogP contribution in [0.4, 0.5) is 5.69 Å². The van der Waals surface area contributed by atoms with Gasteiger partial charge in [0.25, 0.3) is 0 Å².